The van der Waals surface area contributed by atoms with Gasteiger partial charge in [0.15, 0.2) is 0 Å². The van der Waals surface area contributed by atoms with E-state index >= 15 is 0 Å². The molecule has 0 amide bonds. The van der Waals surface area contributed by atoms with Crippen LogP contribution in [0, 0.1) is 0 Å². The van der Waals surface area contributed by atoms with Gasteiger partial charge in [-0.1, -0.05) is 80.4 Å². The van der Waals surface area contributed by atoms with Crippen LogP contribution >= 0.6 is 0 Å². The molecule has 2 aliphatic rings. The quantitative estimate of drug-likeness (QED) is 0.200. The first-order chi connectivity index (χ1) is 23.1. The van der Waals surface area contributed by atoms with E-state index in [1.54, 1.807) is 0 Å². The van der Waals surface area contributed by atoms with Crippen molar-refractivity contribution in [2.24, 2.45) is 0 Å². The zero-order chi connectivity index (χ0) is 31.3. The average Bonchev–Trinajstić information content (AvgIpc) is 3.70. The number of rotatable bonds is 3. The molecule has 4 aromatic carbocycles. The maximum Gasteiger partial charge on any atom is 0.137 e. The van der Waals surface area contributed by atoms with Gasteiger partial charge in [0, 0.05) is 44.4 Å². The second-order valence-corrected chi connectivity index (χ2v) is 13.8. The number of pyridine rings is 2. The molecule has 10 rings (SSSR count). The van der Waals surface area contributed by atoms with Crippen molar-refractivity contribution < 1.29 is 0 Å². The lowest BCUT2D eigenvalue weighted by Crippen LogP contribution is -2.54. The summed E-state index contributed by atoms with van der Waals surface area (Å²) in [5, 5.41) is 4.97. The van der Waals surface area contributed by atoms with Gasteiger partial charge >= 0.3 is 0 Å². The standard InChI is InChI=1S/C42H35N5/c1-41-23-9-10-24-42(41,2)47(40-34(41)15-11-25-43-40)28-19-21-38-33(26-28)32-14-5-8-18-37(32)46(38)39-22-20-29(27-44-39)45-35-16-6-3-12-30(35)31-13-4-7-17-36(31)45/h3-8,11-22,25-27H,9-10,23-24H2,1-2H3. The van der Waals surface area contributed by atoms with Crippen LogP contribution in [-0.2, 0) is 5.41 Å². The summed E-state index contributed by atoms with van der Waals surface area (Å²) in [6.45, 7) is 4.93. The van der Waals surface area contributed by atoms with E-state index in [1.807, 2.05) is 12.4 Å². The fourth-order valence-corrected chi connectivity index (χ4v) is 9.11. The van der Waals surface area contributed by atoms with Gasteiger partial charge in [-0.2, -0.15) is 0 Å². The molecule has 0 bridgehead atoms. The highest BCUT2D eigenvalue weighted by molar-refractivity contribution is 6.11. The van der Waals surface area contributed by atoms with Gasteiger partial charge < -0.3 is 9.47 Å². The minimum atomic E-state index is -0.0296. The van der Waals surface area contributed by atoms with Crippen LogP contribution in [0.3, 0.4) is 0 Å². The Bertz CT molecular complexity index is 2470. The summed E-state index contributed by atoms with van der Waals surface area (Å²) in [4.78, 5) is 12.7. The Kier molecular flexibility index (Phi) is 5.44. The molecule has 1 aliphatic heterocycles. The lowest BCUT2D eigenvalue weighted by Gasteiger charge is -2.50. The van der Waals surface area contributed by atoms with Gasteiger partial charge in [-0.15, -0.1) is 0 Å². The predicted molar refractivity (Wildman–Crippen MR) is 194 cm³/mol. The Balaban J connectivity index is 1.13. The number of para-hydroxylation sites is 3. The molecule has 1 saturated carbocycles. The van der Waals surface area contributed by atoms with E-state index in [-0.39, 0.29) is 11.0 Å². The van der Waals surface area contributed by atoms with Gasteiger partial charge in [0.2, 0.25) is 0 Å². The minimum absolute atomic E-state index is 0.0296. The summed E-state index contributed by atoms with van der Waals surface area (Å²) < 4.78 is 4.63. The Morgan fingerprint density at radius 3 is 1.87 bits per heavy atom. The van der Waals surface area contributed by atoms with Crippen molar-refractivity contribution in [1.82, 2.24) is 19.1 Å². The second kappa shape index (κ2) is 9.55. The molecule has 8 aromatic rings. The third-order valence-electron chi connectivity index (χ3n) is 11.6. The van der Waals surface area contributed by atoms with Gasteiger partial charge in [0.1, 0.15) is 11.6 Å². The summed E-state index contributed by atoms with van der Waals surface area (Å²) in [5.41, 5.74) is 8.38. The molecule has 1 fully saturated rings. The minimum Gasteiger partial charge on any atom is -0.319 e. The first-order valence-electron chi connectivity index (χ1n) is 16.8. The van der Waals surface area contributed by atoms with E-state index < -0.39 is 0 Å². The Morgan fingerprint density at radius 2 is 1.17 bits per heavy atom. The topological polar surface area (TPSA) is 38.9 Å². The molecule has 228 valence electrons. The molecule has 5 heterocycles. The van der Waals surface area contributed by atoms with Crippen LogP contribution in [0.2, 0.25) is 0 Å². The summed E-state index contributed by atoms with van der Waals surface area (Å²) in [5.74, 6) is 2.03. The number of anilines is 2. The second-order valence-electron chi connectivity index (χ2n) is 13.8. The van der Waals surface area contributed by atoms with Crippen molar-refractivity contribution in [1.29, 1.82) is 0 Å². The molecule has 0 saturated heterocycles. The molecule has 0 radical (unpaired) electrons. The van der Waals surface area contributed by atoms with E-state index in [0.717, 1.165) is 34.8 Å². The largest absolute Gasteiger partial charge is 0.319 e. The zero-order valence-corrected chi connectivity index (χ0v) is 26.7. The number of hydrogen-bond donors (Lipinski definition) is 0. The van der Waals surface area contributed by atoms with Crippen molar-refractivity contribution >= 4 is 55.1 Å². The third kappa shape index (κ3) is 3.49. The lowest BCUT2D eigenvalue weighted by atomic mass is 9.61. The van der Waals surface area contributed by atoms with Crippen molar-refractivity contribution in [2.75, 3.05) is 4.90 Å². The molecule has 0 spiro atoms. The molecule has 1 aliphatic carbocycles. The van der Waals surface area contributed by atoms with Crippen molar-refractivity contribution in [3.63, 3.8) is 0 Å². The fraction of sp³-hybridized carbons (Fsp3) is 0.190. The van der Waals surface area contributed by atoms with Gasteiger partial charge in [-0.05, 0) is 74.4 Å². The van der Waals surface area contributed by atoms with Crippen molar-refractivity contribution in [2.45, 2.75) is 50.5 Å². The van der Waals surface area contributed by atoms with Crippen molar-refractivity contribution in [3.8, 4) is 11.5 Å². The molecule has 2 unspecified atom stereocenters. The van der Waals surface area contributed by atoms with E-state index in [1.165, 1.54) is 63.1 Å². The van der Waals surface area contributed by atoms with Crippen LogP contribution in [0.1, 0.15) is 45.1 Å². The maximum atomic E-state index is 5.12. The first-order valence-corrected chi connectivity index (χ1v) is 16.8. The smallest absolute Gasteiger partial charge is 0.137 e. The van der Waals surface area contributed by atoms with Gasteiger partial charge in [-0.3, -0.25) is 4.57 Å². The average molecular weight is 610 g/mol. The van der Waals surface area contributed by atoms with E-state index in [0.29, 0.717) is 0 Å². The van der Waals surface area contributed by atoms with Crippen LogP contribution in [0.15, 0.2) is 128 Å². The molecule has 0 N–H and O–H groups in total. The van der Waals surface area contributed by atoms with Crippen LogP contribution in [0.5, 0.6) is 0 Å². The molecular weight excluding hydrogens is 574 g/mol. The normalized spacial score (nSPS) is 20.8. The number of nitrogens with zero attached hydrogens (tertiary/aromatic N) is 5. The molecule has 5 nitrogen and oxygen atoms in total. The SMILES string of the molecule is CC12CCCCC1(C)N(c1ccc3c(c1)c1ccccc1n3-c1ccc(-n3c4ccccc4c4ccccc43)cn1)c1ncccc12. The molecular formula is C42H35N5. The summed E-state index contributed by atoms with van der Waals surface area (Å²) in [6, 6.07) is 41.7. The molecule has 4 aromatic heterocycles. The predicted octanol–water partition coefficient (Wildman–Crippen LogP) is 10.4. The highest BCUT2D eigenvalue weighted by Gasteiger charge is 2.58. The summed E-state index contributed by atoms with van der Waals surface area (Å²) in [7, 11) is 0. The Hall–Kier alpha value is -5.42. The van der Waals surface area contributed by atoms with Crippen molar-refractivity contribution in [3.05, 3.63) is 133 Å². The molecule has 5 heteroatoms. The maximum absolute atomic E-state index is 5.12. The zero-order valence-electron chi connectivity index (χ0n) is 26.7. The first kappa shape index (κ1) is 26.8. The third-order valence-corrected chi connectivity index (χ3v) is 11.6. The highest BCUT2D eigenvalue weighted by atomic mass is 15.3. The summed E-state index contributed by atoms with van der Waals surface area (Å²) >= 11 is 0. The van der Waals surface area contributed by atoms with Crippen LogP contribution in [0.4, 0.5) is 11.5 Å². The van der Waals surface area contributed by atoms with Gasteiger partial charge in [0.25, 0.3) is 0 Å². The summed E-state index contributed by atoms with van der Waals surface area (Å²) in [6.07, 6.45) is 8.83. The van der Waals surface area contributed by atoms with Crippen LogP contribution in [0.25, 0.3) is 55.1 Å². The van der Waals surface area contributed by atoms with E-state index in [2.05, 4.69) is 143 Å². The van der Waals surface area contributed by atoms with Gasteiger partial charge in [-0.25, -0.2) is 9.97 Å². The van der Waals surface area contributed by atoms with Gasteiger partial charge in [0.05, 0.1) is 39.5 Å². The highest BCUT2D eigenvalue weighted by Crippen LogP contribution is 2.60. The lowest BCUT2D eigenvalue weighted by molar-refractivity contribution is 0.195. The Morgan fingerprint density at radius 1 is 0.553 bits per heavy atom. The van der Waals surface area contributed by atoms with E-state index in [4.69, 9.17) is 9.97 Å². The van der Waals surface area contributed by atoms with Crippen LogP contribution in [-0.4, -0.2) is 24.6 Å². The fourth-order valence-electron chi connectivity index (χ4n) is 9.11. The Labute approximate surface area is 273 Å². The van der Waals surface area contributed by atoms with E-state index in [9.17, 15) is 0 Å². The number of fused-ring (bicyclic) bond motifs is 9. The number of hydrogen-bond acceptors (Lipinski definition) is 3. The monoisotopic (exact) mass is 609 g/mol. The molecule has 2 atom stereocenters. The van der Waals surface area contributed by atoms with Crippen LogP contribution < -0.4 is 4.90 Å². The number of benzene rings is 4. The number of aromatic nitrogens is 4. The molecule has 47 heavy (non-hydrogen) atoms.